The quantitative estimate of drug-likeness (QED) is 0.614. The third kappa shape index (κ3) is 6.01. The Hall–Kier alpha value is -1.79. The van der Waals surface area contributed by atoms with E-state index < -0.39 is 24.0 Å². The van der Waals surface area contributed by atoms with Gasteiger partial charge >= 0.3 is 18.0 Å². The molecule has 0 aliphatic heterocycles. The molecule has 2 atom stereocenters. The summed E-state index contributed by atoms with van der Waals surface area (Å²) in [5, 5.41) is 14.2. The first kappa shape index (κ1) is 17.3. The van der Waals surface area contributed by atoms with Gasteiger partial charge in [0, 0.05) is 12.5 Å². The molecule has 0 saturated heterocycles. The van der Waals surface area contributed by atoms with Crippen LogP contribution in [0.5, 0.6) is 0 Å². The van der Waals surface area contributed by atoms with Gasteiger partial charge in [-0.25, -0.2) is 9.59 Å². The Morgan fingerprint density at radius 1 is 1.24 bits per heavy atom. The number of ether oxygens (including phenoxy) is 1. The van der Waals surface area contributed by atoms with Gasteiger partial charge in [0.1, 0.15) is 6.04 Å². The molecule has 0 aromatic carbocycles. The summed E-state index contributed by atoms with van der Waals surface area (Å²) in [5.41, 5.74) is 0. The molecule has 1 fully saturated rings. The minimum Gasteiger partial charge on any atom is -0.480 e. The van der Waals surface area contributed by atoms with E-state index in [0.717, 1.165) is 12.8 Å². The average molecular weight is 300 g/mol. The van der Waals surface area contributed by atoms with Crippen molar-refractivity contribution in [1.82, 2.24) is 10.6 Å². The van der Waals surface area contributed by atoms with Crippen LogP contribution in [0.15, 0.2) is 0 Å². The van der Waals surface area contributed by atoms with Crippen molar-refractivity contribution in [2.45, 2.75) is 57.5 Å². The van der Waals surface area contributed by atoms with Crippen LogP contribution in [-0.4, -0.2) is 42.3 Å². The highest BCUT2D eigenvalue weighted by atomic mass is 16.5. The first-order chi connectivity index (χ1) is 9.93. The number of esters is 1. The van der Waals surface area contributed by atoms with Gasteiger partial charge in [-0.05, 0) is 32.1 Å². The second kappa shape index (κ2) is 8.49. The number of carbonyl (C=O) groups is 3. The number of urea groups is 1. The highest BCUT2D eigenvalue weighted by Gasteiger charge is 2.25. The van der Waals surface area contributed by atoms with E-state index in [2.05, 4.69) is 15.4 Å². The standard InChI is InChI=1S/C14H24N2O5/c1-9(10-5-3-4-6-10)15-14(20)16-11(13(18)19)7-8-12(17)21-2/h9-11H,3-8H2,1-2H3,(H,18,19)(H2,15,16,20)/t9?,11-/m1/s1. The van der Waals surface area contributed by atoms with Gasteiger partial charge in [0.05, 0.1) is 7.11 Å². The van der Waals surface area contributed by atoms with Gasteiger partial charge in [-0.3, -0.25) is 4.79 Å². The zero-order chi connectivity index (χ0) is 15.8. The Morgan fingerprint density at radius 3 is 2.38 bits per heavy atom. The summed E-state index contributed by atoms with van der Waals surface area (Å²) in [6.45, 7) is 1.93. The molecule has 7 heteroatoms. The lowest BCUT2D eigenvalue weighted by Gasteiger charge is -2.22. The molecule has 21 heavy (non-hydrogen) atoms. The topological polar surface area (TPSA) is 105 Å². The fourth-order valence-corrected chi connectivity index (χ4v) is 2.60. The first-order valence-electron chi connectivity index (χ1n) is 7.30. The van der Waals surface area contributed by atoms with E-state index in [0.29, 0.717) is 5.92 Å². The van der Waals surface area contributed by atoms with E-state index in [9.17, 15) is 14.4 Å². The molecule has 1 aliphatic rings. The molecule has 7 nitrogen and oxygen atoms in total. The predicted octanol–water partition coefficient (Wildman–Crippen LogP) is 1.27. The summed E-state index contributed by atoms with van der Waals surface area (Å²) < 4.78 is 4.46. The lowest BCUT2D eigenvalue weighted by atomic mass is 10.0. The smallest absolute Gasteiger partial charge is 0.326 e. The van der Waals surface area contributed by atoms with E-state index in [1.807, 2.05) is 6.92 Å². The van der Waals surface area contributed by atoms with E-state index in [1.165, 1.54) is 20.0 Å². The lowest BCUT2D eigenvalue weighted by Crippen LogP contribution is -2.49. The number of aliphatic carboxylic acids is 1. The minimum absolute atomic E-state index is 0.00718. The van der Waals surface area contributed by atoms with Crippen LogP contribution in [0.4, 0.5) is 4.79 Å². The lowest BCUT2D eigenvalue weighted by molar-refractivity contribution is -0.142. The molecule has 2 amide bonds. The number of carboxylic acid groups (broad SMARTS) is 1. The monoisotopic (exact) mass is 300 g/mol. The van der Waals surface area contributed by atoms with Crippen LogP contribution in [0.3, 0.4) is 0 Å². The van der Waals surface area contributed by atoms with Gasteiger partial charge in [-0.1, -0.05) is 12.8 Å². The average Bonchev–Trinajstić information content (AvgIpc) is 2.96. The van der Waals surface area contributed by atoms with Crippen LogP contribution >= 0.6 is 0 Å². The molecule has 1 saturated carbocycles. The highest BCUT2D eigenvalue weighted by Crippen LogP contribution is 2.27. The van der Waals surface area contributed by atoms with Crippen molar-refractivity contribution in [2.75, 3.05) is 7.11 Å². The van der Waals surface area contributed by atoms with Crippen LogP contribution in [-0.2, 0) is 14.3 Å². The molecule has 0 heterocycles. The van der Waals surface area contributed by atoms with Crippen LogP contribution in [0, 0.1) is 5.92 Å². The molecule has 0 aromatic rings. The maximum Gasteiger partial charge on any atom is 0.326 e. The first-order valence-corrected chi connectivity index (χ1v) is 7.30. The Morgan fingerprint density at radius 2 is 1.86 bits per heavy atom. The predicted molar refractivity (Wildman–Crippen MR) is 75.8 cm³/mol. The largest absolute Gasteiger partial charge is 0.480 e. The summed E-state index contributed by atoms with van der Waals surface area (Å²) in [7, 11) is 1.24. The summed E-state index contributed by atoms with van der Waals surface area (Å²) >= 11 is 0. The van der Waals surface area contributed by atoms with Crippen molar-refractivity contribution in [3.63, 3.8) is 0 Å². The SMILES string of the molecule is COC(=O)CC[C@@H](NC(=O)NC(C)C1CCCC1)C(=O)O. The Labute approximate surface area is 124 Å². The molecular weight excluding hydrogens is 276 g/mol. The van der Waals surface area contributed by atoms with E-state index in [-0.39, 0.29) is 18.9 Å². The fourth-order valence-electron chi connectivity index (χ4n) is 2.60. The van der Waals surface area contributed by atoms with Crippen molar-refractivity contribution in [3.05, 3.63) is 0 Å². The number of carbonyl (C=O) groups excluding carboxylic acids is 2. The molecule has 3 N–H and O–H groups in total. The molecule has 1 rings (SSSR count). The van der Waals surface area contributed by atoms with Crippen molar-refractivity contribution < 1.29 is 24.2 Å². The van der Waals surface area contributed by atoms with Gasteiger partial charge in [-0.15, -0.1) is 0 Å². The molecule has 0 bridgehead atoms. The number of amides is 2. The molecule has 0 radical (unpaired) electrons. The van der Waals surface area contributed by atoms with E-state index >= 15 is 0 Å². The zero-order valence-corrected chi connectivity index (χ0v) is 12.6. The van der Waals surface area contributed by atoms with Gasteiger partial charge in [-0.2, -0.15) is 0 Å². The molecule has 1 unspecified atom stereocenters. The number of nitrogens with one attached hydrogen (secondary N) is 2. The third-order valence-electron chi connectivity index (χ3n) is 3.93. The third-order valence-corrected chi connectivity index (χ3v) is 3.93. The fraction of sp³-hybridized carbons (Fsp3) is 0.786. The van der Waals surface area contributed by atoms with Crippen LogP contribution in [0.2, 0.25) is 0 Å². The van der Waals surface area contributed by atoms with Crippen molar-refractivity contribution in [1.29, 1.82) is 0 Å². The van der Waals surface area contributed by atoms with Crippen LogP contribution < -0.4 is 10.6 Å². The van der Waals surface area contributed by atoms with Crippen molar-refractivity contribution >= 4 is 18.0 Å². The number of rotatable bonds is 7. The Kier molecular flexibility index (Phi) is 6.98. The number of carboxylic acids is 1. The summed E-state index contributed by atoms with van der Waals surface area (Å²) in [6.07, 6.45) is 4.49. The molecular formula is C14H24N2O5. The Balaban J connectivity index is 2.40. The summed E-state index contributed by atoms with van der Waals surface area (Å²) in [5.74, 6) is -1.21. The van der Waals surface area contributed by atoms with Crippen LogP contribution in [0.25, 0.3) is 0 Å². The number of hydrogen-bond acceptors (Lipinski definition) is 4. The summed E-state index contributed by atoms with van der Waals surface area (Å²) in [6, 6.07) is -1.59. The minimum atomic E-state index is -1.16. The van der Waals surface area contributed by atoms with Gasteiger partial charge in [0.2, 0.25) is 0 Å². The zero-order valence-electron chi connectivity index (χ0n) is 12.6. The van der Waals surface area contributed by atoms with E-state index in [4.69, 9.17) is 5.11 Å². The van der Waals surface area contributed by atoms with Crippen molar-refractivity contribution in [2.24, 2.45) is 5.92 Å². The second-order valence-electron chi connectivity index (χ2n) is 5.46. The Bertz CT molecular complexity index is 380. The maximum absolute atomic E-state index is 11.8. The number of methoxy groups -OCH3 is 1. The maximum atomic E-state index is 11.8. The molecule has 120 valence electrons. The highest BCUT2D eigenvalue weighted by molar-refractivity contribution is 5.83. The molecule has 0 spiro atoms. The van der Waals surface area contributed by atoms with Crippen LogP contribution in [0.1, 0.15) is 45.4 Å². The second-order valence-corrected chi connectivity index (χ2v) is 5.46. The van der Waals surface area contributed by atoms with E-state index in [1.54, 1.807) is 0 Å². The van der Waals surface area contributed by atoms with Gasteiger partial charge < -0.3 is 20.5 Å². The normalized spacial score (nSPS) is 17.8. The van der Waals surface area contributed by atoms with Gasteiger partial charge in [0.25, 0.3) is 0 Å². The van der Waals surface area contributed by atoms with Crippen molar-refractivity contribution in [3.8, 4) is 0 Å². The van der Waals surface area contributed by atoms with Gasteiger partial charge in [0.15, 0.2) is 0 Å². The molecule has 0 aromatic heterocycles. The summed E-state index contributed by atoms with van der Waals surface area (Å²) in [4.78, 5) is 34.0. The number of hydrogen-bond donors (Lipinski definition) is 3. The molecule has 1 aliphatic carbocycles.